The molecule has 0 amide bonds. The van der Waals surface area contributed by atoms with E-state index >= 15 is 0 Å². The van der Waals surface area contributed by atoms with Crippen molar-refractivity contribution in [1.82, 2.24) is 19.7 Å². The molecule has 0 spiro atoms. The maximum absolute atomic E-state index is 10.6. The minimum absolute atomic E-state index is 0.0659. The molecule has 0 aliphatic carbocycles. The second-order valence-electron chi connectivity index (χ2n) is 4.47. The Morgan fingerprint density at radius 1 is 1.47 bits per heavy atom. The molecule has 1 aromatic heterocycles. The van der Waals surface area contributed by atoms with Crippen molar-refractivity contribution >= 4 is 17.7 Å². The molecule has 2 N–H and O–H groups in total. The summed E-state index contributed by atoms with van der Waals surface area (Å²) in [6.45, 7) is 5.40. The molecule has 0 saturated heterocycles. The molecule has 0 aliphatic rings. The number of carboxylic acid groups (broad SMARTS) is 1. The molecule has 0 aromatic carbocycles. The fraction of sp³-hybridized carbons (Fsp3) is 0.727. The summed E-state index contributed by atoms with van der Waals surface area (Å²) < 4.78 is 1.77. The number of aliphatic hydroxyl groups excluding tert-OH is 1. The fourth-order valence-electron chi connectivity index (χ4n) is 1.41. The lowest BCUT2D eigenvalue weighted by Gasteiger charge is -2.21. The van der Waals surface area contributed by atoms with E-state index in [2.05, 4.69) is 28.9 Å². The van der Waals surface area contributed by atoms with Gasteiger partial charge in [-0.25, -0.2) is 0 Å². The van der Waals surface area contributed by atoms with Gasteiger partial charge in [0, 0.05) is 19.1 Å². The number of hydrogen-bond donors (Lipinski definition) is 2. The molecule has 8 heteroatoms. The van der Waals surface area contributed by atoms with Crippen molar-refractivity contribution in [1.29, 1.82) is 0 Å². The van der Waals surface area contributed by atoms with Crippen molar-refractivity contribution in [2.24, 2.45) is 0 Å². The molecule has 1 aromatic rings. The van der Waals surface area contributed by atoms with Gasteiger partial charge in [0.1, 0.15) is 6.61 Å². The van der Waals surface area contributed by atoms with E-state index < -0.39 is 5.97 Å². The van der Waals surface area contributed by atoms with E-state index in [-0.39, 0.29) is 12.4 Å². The first-order chi connectivity index (χ1) is 8.95. The Hall–Kier alpha value is -1.12. The molecule has 0 atom stereocenters. The molecule has 1 heterocycles. The van der Waals surface area contributed by atoms with Gasteiger partial charge in [-0.1, -0.05) is 11.8 Å². The molecular formula is C11H20N4O3S. The van der Waals surface area contributed by atoms with E-state index in [1.54, 1.807) is 4.57 Å². The zero-order valence-corrected chi connectivity index (χ0v) is 12.2. The van der Waals surface area contributed by atoms with Crippen molar-refractivity contribution in [2.45, 2.75) is 38.2 Å². The van der Waals surface area contributed by atoms with Gasteiger partial charge in [0.25, 0.3) is 0 Å². The van der Waals surface area contributed by atoms with Crippen molar-refractivity contribution in [3.05, 3.63) is 5.82 Å². The summed E-state index contributed by atoms with van der Waals surface area (Å²) in [7, 11) is 2.01. The van der Waals surface area contributed by atoms with Gasteiger partial charge in [-0.3, -0.25) is 4.79 Å². The van der Waals surface area contributed by atoms with Crippen LogP contribution < -0.4 is 0 Å². The lowest BCUT2D eigenvalue weighted by Crippen LogP contribution is -2.30. The molecular weight excluding hydrogens is 268 g/mol. The summed E-state index contributed by atoms with van der Waals surface area (Å²) in [5, 5.41) is 26.2. The number of nitrogens with zero attached hydrogens (tertiary/aromatic N) is 4. The van der Waals surface area contributed by atoms with Crippen LogP contribution in [-0.4, -0.2) is 61.2 Å². The Balaban J connectivity index is 2.72. The molecule has 0 saturated carbocycles. The van der Waals surface area contributed by atoms with Crippen LogP contribution in [0.15, 0.2) is 5.16 Å². The normalized spacial score (nSPS) is 11.5. The van der Waals surface area contributed by atoms with Crippen molar-refractivity contribution in [3.63, 3.8) is 0 Å². The predicted molar refractivity (Wildman–Crippen MR) is 72.1 cm³/mol. The minimum Gasteiger partial charge on any atom is -0.481 e. The fourth-order valence-corrected chi connectivity index (χ4v) is 2.11. The molecule has 0 unspecified atom stereocenters. The Bertz CT molecular complexity index is 422. The van der Waals surface area contributed by atoms with E-state index in [0.717, 1.165) is 18.3 Å². The number of aliphatic carboxylic acids is 1. The van der Waals surface area contributed by atoms with Crippen LogP contribution in [0.3, 0.4) is 0 Å². The first-order valence-corrected chi connectivity index (χ1v) is 7.02. The highest BCUT2D eigenvalue weighted by Crippen LogP contribution is 2.17. The number of hydrogen-bond acceptors (Lipinski definition) is 6. The topological polar surface area (TPSA) is 91.5 Å². The van der Waals surface area contributed by atoms with Gasteiger partial charge in [0.2, 0.25) is 0 Å². The van der Waals surface area contributed by atoms with E-state index in [9.17, 15) is 9.90 Å². The summed E-state index contributed by atoms with van der Waals surface area (Å²) in [5.74, 6) is -0.502. The third-order valence-electron chi connectivity index (χ3n) is 2.82. The second kappa shape index (κ2) is 7.46. The highest BCUT2D eigenvalue weighted by molar-refractivity contribution is 7.99. The Morgan fingerprint density at radius 2 is 2.16 bits per heavy atom. The van der Waals surface area contributed by atoms with Gasteiger partial charge in [0.15, 0.2) is 11.0 Å². The van der Waals surface area contributed by atoms with Gasteiger partial charge in [-0.2, -0.15) is 0 Å². The molecule has 7 nitrogen and oxygen atoms in total. The second-order valence-corrected chi connectivity index (χ2v) is 5.41. The highest BCUT2D eigenvalue weighted by atomic mass is 32.2. The lowest BCUT2D eigenvalue weighted by molar-refractivity contribution is -0.133. The van der Waals surface area contributed by atoms with E-state index in [0.29, 0.717) is 23.6 Å². The van der Waals surface area contributed by atoms with Crippen molar-refractivity contribution < 1.29 is 15.0 Å². The average Bonchev–Trinajstić information content (AvgIpc) is 2.75. The number of carbonyl (C=O) groups is 1. The van der Waals surface area contributed by atoms with Crippen LogP contribution in [0.4, 0.5) is 0 Å². The van der Waals surface area contributed by atoms with Crippen LogP contribution in [0.5, 0.6) is 0 Å². The zero-order valence-electron chi connectivity index (χ0n) is 11.4. The Morgan fingerprint density at radius 3 is 2.68 bits per heavy atom. The lowest BCUT2D eigenvalue weighted by atomic mass is 10.3. The molecule has 19 heavy (non-hydrogen) atoms. The molecule has 1 rings (SSSR count). The Labute approximate surface area is 116 Å². The summed E-state index contributed by atoms with van der Waals surface area (Å²) in [6.07, 6.45) is 0. The summed E-state index contributed by atoms with van der Waals surface area (Å²) >= 11 is 1.11. The number of likely N-dealkylation sites (N-methyl/N-ethyl adjacent to an activating group) is 1. The quantitative estimate of drug-likeness (QED) is 0.664. The third kappa shape index (κ3) is 4.81. The summed E-state index contributed by atoms with van der Waals surface area (Å²) in [4.78, 5) is 12.7. The van der Waals surface area contributed by atoms with E-state index in [4.69, 9.17) is 5.11 Å². The van der Waals surface area contributed by atoms with Gasteiger partial charge in [-0.15, -0.1) is 10.2 Å². The van der Waals surface area contributed by atoms with Crippen LogP contribution in [0.25, 0.3) is 0 Å². The average molecular weight is 288 g/mol. The SMILES string of the molecule is CC(C)N(C)CCn1c(CO)nnc1SCC(=O)O. The van der Waals surface area contributed by atoms with Gasteiger partial charge < -0.3 is 19.7 Å². The van der Waals surface area contributed by atoms with E-state index in [1.165, 1.54) is 0 Å². The van der Waals surface area contributed by atoms with Crippen LogP contribution >= 0.6 is 11.8 Å². The summed E-state index contributed by atoms with van der Waals surface area (Å²) in [5.41, 5.74) is 0. The van der Waals surface area contributed by atoms with Gasteiger partial charge >= 0.3 is 5.97 Å². The van der Waals surface area contributed by atoms with E-state index in [1.807, 2.05) is 7.05 Å². The maximum Gasteiger partial charge on any atom is 0.313 e. The molecule has 0 aliphatic heterocycles. The van der Waals surface area contributed by atoms with Gasteiger partial charge in [0.05, 0.1) is 5.75 Å². The monoisotopic (exact) mass is 288 g/mol. The van der Waals surface area contributed by atoms with Crippen molar-refractivity contribution in [2.75, 3.05) is 19.3 Å². The van der Waals surface area contributed by atoms with Crippen molar-refractivity contribution in [3.8, 4) is 0 Å². The summed E-state index contributed by atoms with van der Waals surface area (Å²) in [6, 6.07) is 0.421. The predicted octanol–water partition coefficient (Wildman–Crippen LogP) is 0.287. The molecule has 0 fully saturated rings. The molecule has 108 valence electrons. The number of aromatic nitrogens is 3. The van der Waals surface area contributed by atoms with Gasteiger partial charge in [-0.05, 0) is 20.9 Å². The number of rotatable bonds is 8. The number of carboxylic acids is 1. The zero-order chi connectivity index (χ0) is 14.4. The first-order valence-electron chi connectivity index (χ1n) is 6.03. The highest BCUT2D eigenvalue weighted by Gasteiger charge is 2.14. The van der Waals surface area contributed by atoms with Crippen LogP contribution in [0, 0.1) is 0 Å². The molecule has 0 radical (unpaired) electrons. The minimum atomic E-state index is -0.899. The maximum atomic E-state index is 10.6. The number of thioether (sulfide) groups is 1. The number of aliphatic hydroxyl groups is 1. The molecule has 0 bridgehead atoms. The van der Waals surface area contributed by atoms with Crippen LogP contribution in [0.2, 0.25) is 0 Å². The largest absolute Gasteiger partial charge is 0.481 e. The first kappa shape index (κ1) is 15.9. The standard InChI is InChI=1S/C11H20N4O3S/c1-8(2)14(3)4-5-15-9(6-16)12-13-11(15)19-7-10(17)18/h8,16H,4-7H2,1-3H3,(H,17,18). The Kier molecular flexibility index (Phi) is 6.26. The van der Waals surface area contributed by atoms with Crippen LogP contribution in [0.1, 0.15) is 19.7 Å². The van der Waals surface area contributed by atoms with Crippen LogP contribution in [-0.2, 0) is 17.9 Å². The smallest absolute Gasteiger partial charge is 0.313 e. The third-order valence-corrected chi connectivity index (χ3v) is 3.77.